The van der Waals surface area contributed by atoms with Gasteiger partial charge in [-0.25, -0.2) is 4.79 Å². The third-order valence-electron chi connectivity index (χ3n) is 6.51. The maximum Gasteiger partial charge on any atom is 0.343 e. The number of methoxy groups -OCH3 is 3. The van der Waals surface area contributed by atoms with Gasteiger partial charge in [0.1, 0.15) is 17.6 Å². The van der Waals surface area contributed by atoms with Crippen LogP contribution in [0.5, 0.6) is 23.0 Å². The standard InChI is InChI=1S/C28H31NO8/c1-16-13-21(30)25(28(32)37-16)20(19-9-10-22(33-2)27(35-4)26(19)34-3)14-24(31)29-15-23-18-8-6-5-7-17(18)11-12-36-23/h5-10,13,20,23,30H,11-12,14-15H2,1-4H3,(H,29,31)/t20-,23-/m0/s1. The number of amides is 1. The first kappa shape index (κ1) is 26.1. The Morgan fingerprint density at radius 2 is 1.86 bits per heavy atom. The van der Waals surface area contributed by atoms with Crippen LogP contribution in [0.1, 0.15) is 46.5 Å². The molecule has 37 heavy (non-hydrogen) atoms. The topological polar surface area (TPSA) is 116 Å². The van der Waals surface area contributed by atoms with E-state index in [0.717, 1.165) is 12.0 Å². The van der Waals surface area contributed by atoms with E-state index in [1.54, 1.807) is 19.1 Å². The second-order valence-electron chi connectivity index (χ2n) is 8.74. The van der Waals surface area contributed by atoms with Gasteiger partial charge in [0.25, 0.3) is 0 Å². The van der Waals surface area contributed by atoms with E-state index in [1.807, 2.05) is 18.2 Å². The van der Waals surface area contributed by atoms with E-state index in [9.17, 15) is 14.7 Å². The van der Waals surface area contributed by atoms with E-state index < -0.39 is 11.5 Å². The van der Waals surface area contributed by atoms with Gasteiger partial charge in [-0.1, -0.05) is 30.3 Å². The van der Waals surface area contributed by atoms with Gasteiger partial charge in [-0.15, -0.1) is 0 Å². The minimum absolute atomic E-state index is 0.0504. The van der Waals surface area contributed by atoms with Crippen molar-refractivity contribution in [2.24, 2.45) is 0 Å². The lowest BCUT2D eigenvalue weighted by molar-refractivity contribution is -0.122. The molecule has 0 saturated carbocycles. The fourth-order valence-electron chi connectivity index (χ4n) is 4.80. The van der Waals surface area contributed by atoms with Gasteiger partial charge in [0.15, 0.2) is 11.5 Å². The summed E-state index contributed by atoms with van der Waals surface area (Å²) in [4.78, 5) is 26.1. The molecule has 9 nitrogen and oxygen atoms in total. The quantitative estimate of drug-likeness (QED) is 0.449. The zero-order valence-corrected chi connectivity index (χ0v) is 21.3. The van der Waals surface area contributed by atoms with Crippen LogP contribution in [-0.2, 0) is 16.0 Å². The number of carbonyl (C=O) groups is 1. The van der Waals surface area contributed by atoms with Crippen molar-refractivity contribution in [1.29, 1.82) is 0 Å². The van der Waals surface area contributed by atoms with E-state index in [4.69, 9.17) is 23.4 Å². The first-order valence-corrected chi connectivity index (χ1v) is 12.0. The monoisotopic (exact) mass is 509 g/mol. The van der Waals surface area contributed by atoms with Crippen molar-refractivity contribution >= 4 is 5.91 Å². The first-order valence-electron chi connectivity index (χ1n) is 12.0. The summed E-state index contributed by atoms with van der Waals surface area (Å²) in [7, 11) is 4.41. The van der Waals surface area contributed by atoms with Gasteiger partial charge in [0.2, 0.25) is 11.7 Å². The highest BCUT2D eigenvalue weighted by molar-refractivity contribution is 5.78. The van der Waals surface area contributed by atoms with Gasteiger partial charge in [0, 0.05) is 30.5 Å². The highest BCUT2D eigenvalue weighted by atomic mass is 16.5. The molecule has 196 valence electrons. The maximum atomic E-state index is 13.2. The summed E-state index contributed by atoms with van der Waals surface area (Å²) in [6.07, 6.45) is 0.382. The molecule has 2 N–H and O–H groups in total. The number of ether oxygens (including phenoxy) is 4. The number of carbonyl (C=O) groups excluding carboxylic acids is 1. The van der Waals surface area contributed by atoms with Crippen LogP contribution < -0.4 is 25.2 Å². The molecule has 1 aliphatic heterocycles. The van der Waals surface area contributed by atoms with Crippen LogP contribution in [0.3, 0.4) is 0 Å². The van der Waals surface area contributed by atoms with Crippen molar-refractivity contribution in [3.8, 4) is 23.0 Å². The molecular weight excluding hydrogens is 478 g/mol. The molecule has 0 unspecified atom stereocenters. The number of nitrogens with one attached hydrogen (secondary N) is 1. The lowest BCUT2D eigenvalue weighted by Crippen LogP contribution is -2.33. The van der Waals surface area contributed by atoms with Crippen molar-refractivity contribution < 1.29 is 33.3 Å². The molecule has 2 aromatic carbocycles. The van der Waals surface area contributed by atoms with E-state index in [-0.39, 0.29) is 47.8 Å². The van der Waals surface area contributed by atoms with Crippen LogP contribution in [0.2, 0.25) is 0 Å². The van der Waals surface area contributed by atoms with Gasteiger partial charge in [-0.2, -0.15) is 0 Å². The molecule has 4 rings (SSSR count). The molecular formula is C28H31NO8. The zero-order valence-electron chi connectivity index (χ0n) is 21.3. The molecule has 1 amide bonds. The van der Waals surface area contributed by atoms with Gasteiger partial charge in [0.05, 0.1) is 33.5 Å². The Bertz CT molecular complexity index is 1330. The summed E-state index contributed by atoms with van der Waals surface area (Å²) in [6.45, 7) is 2.40. The van der Waals surface area contributed by atoms with Crippen LogP contribution in [0, 0.1) is 6.92 Å². The van der Waals surface area contributed by atoms with Crippen molar-refractivity contribution in [3.63, 3.8) is 0 Å². The number of hydrogen-bond acceptors (Lipinski definition) is 8. The Labute approximate surface area is 214 Å². The van der Waals surface area contributed by atoms with Crippen LogP contribution in [0.25, 0.3) is 0 Å². The SMILES string of the molecule is COc1ccc([C@H](CC(=O)NC[C@@H]2OCCc3ccccc32)c2c(O)cc(C)oc2=O)c(OC)c1OC. The molecule has 0 spiro atoms. The fraction of sp³-hybridized carbons (Fsp3) is 0.357. The molecule has 0 bridgehead atoms. The average molecular weight is 510 g/mol. The highest BCUT2D eigenvalue weighted by Gasteiger charge is 2.31. The molecule has 9 heteroatoms. The van der Waals surface area contributed by atoms with Crippen LogP contribution in [0.4, 0.5) is 0 Å². The minimum atomic E-state index is -0.897. The largest absolute Gasteiger partial charge is 0.507 e. The fourth-order valence-corrected chi connectivity index (χ4v) is 4.80. The summed E-state index contributed by atoms with van der Waals surface area (Å²) in [5.41, 5.74) is 1.91. The molecule has 0 fully saturated rings. The molecule has 2 atom stereocenters. The lowest BCUT2D eigenvalue weighted by Gasteiger charge is -2.27. The van der Waals surface area contributed by atoms with Gasteiger partial charge in [-0.05, 0) is 30.5 Å². The predicted molar refractivity (Wildman–Crippen MR) is 136 cm³/mol. The van der Waals surface area contributed by atoms with E-state index in [2.05, 4.69) is 11.4 Å². The maximum absolute atomic E-state index is 13.2. The molecule has 0 aliphatic carbocycles. The number of rotatable bonds is 9. The van der Waals surface area contributed by atoms with E-state index in [0.29, 0.717) is 23.7 Å². The number of fused-ring (bicyclic) bond motifs is 1. The second-order valence-corrected chi connectivity index (χ2v) is 8.74. The Morgan fingerprint density at radius 1 is 1.11 bits per heavy atom. The van der Waals surface area contributed by atoms with Gasteiger partial charge >= 0.3 is 5.63 Å². The van der Waals surface area contributed by atoms with Crippen LogP contribution in [-0.4, -0.2) is 45.5 Å². The van der Waals surface area contributed by atoms with Crippen LogP contribution in [0.15, 0.2) is 51.7 Å². The molecule has 0 radical (unpaired) electrons. The number of hydrogen-bond donors (Lipinski definition) is 2. The minimum Gasteiger partial charge on any atom is -0.507 e. The normalized spacial score (nSPS) is 15.4. The Kier molecular flexibility index (Phi) is 8.03. The van der Waals surface area contributed by atoms with Crippen molar-refractivity contribution in [2.75, 3.05) is 34.5 Å². The van der Waals surface area contributed by atoms with Crippen molar-refractivity contribution in [2.45, 2.75) is 31.8 Å². The summed E-state index contributed by atoms with van der Waals surface area (Å²) in [6, 6.07) is 12.7. The summed E-state index contributed by atoms with van der Waals surface area (Å²) in [5.74, 6) is -0.256. The van der Waals surface area contributed by atoms with E-state index >= 15 is 0 Å². The third-order valence-corrected chi connectivity index (χ3v) is 6.51. The summed E-state index contributed by atoms with van der Waals surface area (Å²) < 4.78 is 27.7. The Hall–Kier alpha value is -3.98. The summed E-state index contributed by atoms with van der Waals surface area (Å²) >= 11 is 0. The number of benzene rings is 2. The second kappa shape index (κ2) is 11.4. The lowest BCUT2D eigenvalue weighted by atomic mass is 9.87. The summed E-state index contributed by atoms with van der Waals surface area (Å²) in [5, 5.41) is 13.7. The molecule has 0 saturated heterocycles. The third kappa shape index (κ3) is 5.41. The van der Waals surface area contributed by atoms with Gasteiger partial charge < -0.3 is 33.8 Å². The predicted octanol–water partition coefficient (Wildman–Crippen LogP) is 3.63. The van der Waals surface area contributed by atoms with Crippen LogP contribution >= 0.6 is 0 Å². The molecule has 2 heterocycles. The molecule has 3 aromatic rings. The first-order chi connectivity index (χ1) is 17.9. The molecule has 1 aliphatic rings. The van der Waals surface area contributed by atoms with Gasteiger partial charge in [-0.3, -0.25) is 4.79 Å². The Balaban J connectivity index is 1.67. The van der Waals surface area contributed by atoms with Crippen molar-refractivity contribution in [3.05, 3.63) is 80.9 Å². The van der Waals surface area contributed by atoms with E-state index in [1.165, 1.54) is 33.0 Å². The number of aromatic hydroxyl groups is 1. The zero-order chi connectivity index (χ0) is 26.5. The molecule has 1 aromatic heterocycles. The average Bonchev–Trinajstić information content (AvgIpc) is 2.89. The Morgan fingerprint density at radius 3 is 2.57 bits per heavy atom. The number of aryl methyl sites for hydroxylation is 1. The van der Waals surface area contributed by atoms with Crippen molar-refractivity contribution in [1.82, 2.24) is 5.32 Å². The smallest absolute Gasteiger partial charge is 0.343 e. The highest BCUT2D eigenvalue weighted by Crippen LogP contribution is 2.46.